The molecule has 27 heavy (non-hydrogen) atoms. The number of rotatable bonds is 7. The van der Waals surface area contributed by atoms with Gasteiger partial charge >= 0.3 is 0 Å². The molecule has 3 rings (SSSR count). The molecule has 0 aliphatic heterocycles. The van der Waals surface area contributed by atoms with Crippen LogP contribution in [0.25, 0.3) is 0 Å². The van der Waals surface area contributed by atoms with Crippen LogP contribution in [0.5, 0.6) is 5.75 Å². The first-order valence-corrected chi connectivity index (χ1v) is 10.8. The second-order valence-electron chi connectivity index (χ2n) is 5.77. The zero-order valence-corrected chi connectivity index (χ0v) is 16.2. The van der Waals surface area contributed by atoms with Crippen LogP contribution in [0.3, 0.4) is 0 Å². The van der Waals surface area contributed by atoms with Crippen LogP contribution in [-0.4, -0.2) is 19.7 Å². The van der Waals surface area contributed by atoms with Gasteiger partial charge in [0.15, 0.2) is 0 Å². The van der Waals surface area contributed by atoms with Gasteiger partial charge in [0.25, 0.3) is 0 Å². The van der Waals surface area contributed by atoms with Crippen molar-refractivity contribution in [2.75, 3.05) is 10.6 Å². The average Bonchev–Trinajstić information content (AvgIpc) is 3.12. The molecule has 0 unspecified atom stereocenters. The molecule has 0 spiro atoms. The predicted octanol–water partition coefficient (Wildman–Crippen LogP) is 3.56. The highest BCUT2D eigenvalue weighted by molar-refractivity contribution is 7.92. The zero-order chi connectivity index (χ0) is 19.3. The van der Waals surface area contributed by atoms with E-state index < -0.39 is 10.0 Å². The van der Waals surface area contributed by atoms with Gasteiger partial charge < -0.3 is 4.74 Å². The molecule has 0 bridgehead atoms. The lowest BCUT2D eigenvalue weighted by atomic mass is 10.2. The Labute approximate surface area is 162 Å². The van der Waals surface area contributed by atoms with Crippen LogP contribution in [0, 0.1) is 11.3 Å². The monoisotopic (exact) mass is 399 g/mol. The molecule has 0 saturated carbocycles. The Morgan fingerprint density at radius 3 is 2.67 bits per heavy atom. The van der Waals surface area contributed by atoms with E-state index in [4.69, 9.17) is 10.00 Å². The van der Waals surface area contributed by atoms with Gasteiger partial charge in [0.2, 0.25) is 10.0 Å². The van der Waals surface area contributed by atoms with Gasteiger partial charge in [-0.2, -0.15) is 5.26 Å². The van der Waals surface area contributed by atoms with Gasteiger partial charge in [-0.15, -0.1) is 11.3 Å². The minimum absolute atomic E-state index is 0.0928. The van der Waals surface area contributed by atoms with Crippen LogP contribution in [0.4, 0.5) is 5.69 Å². The molecule has 1 aromatic heterocycles. The number of nitrogens with zero attached hydrogens (tertiary/aromatic N) is 3. The Hall–Kier alpha value is -2.89. The maximum absolute atomic E-state index is 12.2. The number of sulfonamides is 1. The summed E-state index contributed by atoms with van der Waals surface area (Å²) in [6, 6.07) is 17.9. The molecule has 138 valence electrons. The molecular weight excluding hydrogens is 382 g/mol. The van der Waals surface area contributed by atoms with E-state index in [1.807, 2.05) is 41.8 Å². The third-order valence-corrected chi connectivity index (χ3v) is 5.69. The van der Waals surface area contributed by atoms with E-state index in [0.717, 1.165) is 17.0 Å². The number of hydrogen-bond donors (Lipinski definition) is 0. The molecule has 0 amide bonds. The minimum Gasteiger partial charge on any atom is -0.486 e. The van der Waals surface area contributed by atoms with Crippen LogP contribution in [0.1, 0.15) is 16.3 Å². The summed E-state index contributed by atoms with van der Waals surface area (Å²) in [7, 11) is -3.53. The molecule has 0 aliphatic carbocycles. The van der Waals surface area contributed by atoms with Gasteiger partial charge in [-0.25, -0.2) is 13.4 Å². The minimum atomic E-state index is -3.53. The Balaban J connectivity index is 1.75. The fourth-order valence-corrected chi connectivity index (χ4v) is 3.99. The van der Waals surface area contributed by atoms with Crippen molar-refractivity contribution in [2.45, 2.75) is 13.2 Å². The van der Waals surface area contributed by atoms with Crippen molar-refractivity contribution in [2.24, 2.45) is 0 Å². The van der Waals surface area contributed by atoms with E-state index in [2.05, 4.69) is 4.98 Å². The molecule has 1 heterocycles. The third-order valence-electron chi connectivity index (χ3n) is 3.67. The molecule has 0 atom stereocenters. The summed E-state index contributed by atoms with van der Waals surface area (Å²) >= 11 is 1.41. The first-order chi connectivity index (χ1) is 13.0. The summed E-state index contributed by atoms with van der Waals surface area (Å²) < 4.78 is 31.4. The molecule has 0 aliphatic rings. The number of thiazole rings is 1. The number of anilines is 1. The SMILES string of the molecule is CS(=O)(=O)N(Cc1csc(COc2ccccc2)n1)c1cccc(C#N)c1. The van der Waals surface area contributed by atoms with Gasteiger partial charge in [-0.3, -0.25) is 4.31 Å². The first-order valence-electron chi connectivity index (χ1n) is 8.05. The van der Waals surface area contributed by atoms with Crippen molar-refractivity contribution in [3.8, 4) is 11.8 Å². The lowest BCUT2D eigenvalue weighted by Gasteiger charge is -2.21. The summed E-state index contributed by atoms with van der Waals surface area (Å²) in [6.45, 7) is 0.410. The largest absolute Gasteiger partial charge is 0.486 e. The molecule has 0 fully saturated rings. The first kappa shape index (κ1) is 18.9. The van der Waals surface area contributed by atoms with Crippen LogP contribution in [-0.2, 0) is 23.2 Å². The van der Waals surface area contributed by atoms with Crippen molar-refractivity contribution >= 4 is 27.0 Å². The topological polar surface area (TPSA) is 83.3 Å². The maximum Gasteiger partial charge on any atom is 0.232 e. The van der Waals surface area contributed by atoms with Crippen LogP contribution in [0.15, 0.2) is 60.0 Å². The lowest BCUT2D eigenvalue weighted by Crippen LogP contribution is -2.29. The van der Waals surface area contributed by atoms with Crippen molar-refractivity contribution in [3.05, 3.63) is 76.2 Å². The van der Waals surface area contributed by atoms with Crippen LogP contribution in [0.2, 0.25) is 0 Å². The van der Waals surface area contributed by atoms with Crippen molar-refractivity contribution in [1.82, 2.24) is 4.98 Å². The number of ether oxygens (including phenoxy) is 1. The van der Waals surface area contributed by atoms with Crippen molar-refractivity contribution in [1.29, 1.82) is 5.26 Å². The van der Waals surface area contributed by atoms with E-state index >= 15 is 0 Å². The number of hydrogen-bond acceptors (Lipinski definition) is 6. The lowest BCUT2D eigenvalue weighted by molar-refractivity contribution is 0.305. The van der Waals surface area contributed by atoms with Gasteiger partial charge in [-0.1, -0.05) is 24.3 Å². The highest BCUT2D eigenvalue weighted by Gasteiger charge is 2.19. The van der Waals surface area contributed by atoms with Gasteiger partial charge in [0.1, 0.15) is 17.4 Å². The second-order valence-corrected chi connectivity index (χ2v) is 8.62. The zero-order valence-electron chi connectivity index (χ0n) is 14.6. The number of benzene rings is 2. The number of para-hydroxylation sites is 1. The van der Waals surface area contributed by atoms with Gasteiger partial charge in [-0.05, 0) is 30.3 Å². The van der Waals surface area contributed by atoms with E-state index in [1.165, 1.54) is 15.6 Å². The van der Waals surface area contributed by atoms with Gasteiger partial charge in [0, 0.05) is 5.38 Å². The third kappa shape index (κ3) is 5.06. The second kappa shape index (κ2) is 8.20. The maximum atomic E-state index is 12.2. The highest BCUT2D eigenvalue weighted by Crippen LogP contribution is 2.23. The molecule has 0 N–H and O–H groups in total. The fraction of sp³-hybridized carbons (Fsp3) is 0.158. The molecule has 8 heteroatoms. The standard InChI is InChI=1S/C19H17N3O3S2/c1-27(23,24)22(17-7-5-6-15(10-17)11-20)12-16-14-26-19(21-16)13-25-18-8-3-2-4-9-18/h2-10,14H,12-13H2,1H3. The Kier molecular flexibility index (Phi) is 5.74. The summed E-state index contributed by atoms with van der Waals surface area (Å²) in [5, 5.41) is 11.6. The Bertz CT molecular complexity index is 1060. The Morgan fingerprint density at radius 1 is 1.19 bits per heavy atom. The van der Waals surface area contributed by atoms with Crippen molar-refractivity contribution < 1.29 is 13.2 Å². The normalized spacial score (nSPS) is 11.0. The Morgan fingerprint density at radius 2 is 1.96 bits per heavy atom. The van der Waals surface area contributed by atoms with E-state index in [9.17, 15) is 8.42 Å². The van der Waals surface area contributed by atoms with Crippen molar-refractivity contribution in [3.63, 3.8) is 0 Å². The van der Waals surface area contributed by atoms with Gasteiger partial charge in [0.05, 0.1) is 35.8 Å². The number of nitriles is 1. The molecule has 0 radical (unpaired) electrons. The molecule has 0 saturated heterocycles. The molecule has 3 aromatic rings. The average molecular weight is 399 g/mol. The van der Waals surface area contributed by atoms with E-state index in [1.54, 1.807) is 24.3 Å². The van der Waals surface area contributed by atoms with E-state index in [-0.39, 0.29) is 6.54 Å². The molecular formula is C19H17N3O3S2. The summed E-state index contributed by atoms with van der Waals surface area (Å²) in [6.07, 6.45) is 1.14. The predicted molar refractivity (Wildman–Crippen MR) is 105 cm³/mol. The fourth-order valence-electron chi connectivity index (χ4n) is 2.43. The van der Waals surface area contributed by atoms with Crippen LogP contribution < -0.4 is 9.04 Å². The van der Waals surface area contributed by atoms with E-state index in [0.29, 0.717) is 23.6 Å². The van der Waals surface area contributed by atoms with Crippen LogP contribution >= 0.6 is 11.3 Å². The highest BCUT2D eigenvalue weighted by atomic mass is 32.2. The quantitative estimate of drug-likeness (QED) is 0.607. The number of aromatic nitrogens is 1. The smallest absolute Gasteiger partial charge is 0.232 e. The summed E-state index contributed by atoms with van der Waals surface area (Å²) in [4.78, 5) is 4.47. The molecule has 6 nitrogen and oxygen atoms in total. The summed E-state index contributed by atoms with van der Waals surface area (Å²) in [5.41, 5.74) is 1.46. The molecule has 2 aromatic carbocycles. The summed E-state index contributed by atoms with van der Waals surface area (Å²) in [5.74, 6) is 0.750.